The Morgan fingerprint density at radius 1 is 1.31 bits per heavy atom. The van der Waals surface area contributed by atoms with E-state index in [-0.39, 0.29) is 12.5 Å². The van der Waals surface area contributed by atoms with Gasteiger partial charge in [0.05, 0.1) is 11.3 Å². The van der Waals surface area contributed by atoms with Gasteiger partial charge in [0.2, 0.25) is 0 Å². The Hall–Kier alpha value is -1.99. The Labute approximate surface area is 161 Å². The summed E-state index contributed by atoms with van der Waals surface area (Å²) in [6.07, 6.45) is 2.41. The highest BCUT2D eigenvalue weighted by Crippen LogP contribution is 2.15. The van der Waals surface area contributed by atoms with E-state index in [1.54, 1.807) is 49.9 Å². The summed E-state index contributed by atoms with van der Waals surface area (Å²) in [6.45, 7) is 3.61. The zero-order chi connectivity index (χ0) is 19.1. The van der Waals surface area contributed by atoms with Crippen molar-refractivity contribution >= 4 is 35.2 Å². The molecular weight excluding hydrogens is 376 g/mol. The van der Waals surface area contributed by atoms with Crippen LogP contribution in [0.1, 0.15) is 33.8 Å². The number of aromatic nitrogens is 1. The standard InChI is InChI=1S/C18H21ClN2O4S/c1-11-15(12(2)25-21-11)10-24-18(23)16(8-9-26-3)20-17(22)13-4-6-14(19)7-5-13/h4-7,16H,8-10H2,1-3H3,(H,20,22)/t16-/m1/s1. The third-order valence-corrected chi connectivity index (χ3v) is 4.74. The summed E-state index contributed by atoms with van der Waals surface area (Å²) < 4.78 is 10.4. The molecule has 26 heavy (non-hydrogen) atoms. The number of hydrogen-bond acceptors (Lipinski definition) is 6. The quantitative estimate of drug-likeness (QED) is 0.687. The van der Waals surface area contributed by atoms with Gasteiger partial charge in [-0.05, 0) is 56.5 Å². The number of thioether (sulfide) groups is 1. The van der Waals surface area contributed by atoms with Gasteiger partial charge in [-0.2, -0.15) is 11.8 Å². The summed E-state index contributed by atoms with van der Waals surface area (Å²) in [7, 11) is 0. The highest BCUT2D eigenvalue weighted by atomic mass is 35.5. The van der Waals surface area contributed by atoms with Crippen LogP contribution in [-0.2, 0) is 16.1 Å². The monoisotopic (exact) mass is 396 g/mol. The van der Waals surface area contributed by atoms with Gasteiger partial charge in [-0.1, -0.05) is 16.8 Å². The van der Waals surface area contributed by atoms with E-state index in [2.05, 4.69) is 10.5 Å². The number of carbonyl (C=O) groups is 2. The summed E-state index contributed by atoms with van der Waals surface area (Å²) in [6, 6.07) is 5.75. The molecule has 0 saturated heterocycles. The van der Waals surface area contributed by atoms with Crippen molar-refractivity contribution in [3.63, 3.8) is 0 Å². The van der Waals surface area contributed by atoms with Gasteiger partial charge in [-0.15, -0.1) is 0 Å². The van der Waals surface area contributed by atoms with Crippen molar-refractivity contribution in [2.24, 2.45) is 0 Å². The molecular formula is C18H21ClN2O4S. The minimum absolute atomic E-state index is 0.0621. The molecule has 6 nitrogen and oxygen atoms in total. The Morgan fingerprint density at radius 3 is 2.58 bits per heavy atom. The van der Waals surface area contributed by atoms with Gasteiger partial charge in [0.1, 0.15) is 18.4 Å². The summed E-state index contributed by atoms with van der Waals surface area (Å²) in [4.78, 5) is 24.9. The molecule has 1 atom stereocenters. The molecule has 0 aliphatic carbocycles. The van der Waals surface area contributed by atoms with E-state index in [0.29, 0.717) is 34.2 Å². The average Bonchev–Trinajstić information content (AvgIpc) is 2.95. The van der Waals surface area contributed by atoms with E-state index < -0.39 is 12.0 Å². The van der Waals surface area contributed by atoms with Crippen molar-refractivity contribution in [1.29, 1.82) is 0 Å². The van der Waals surface area contributed by atoms with Crippen LogP contribution in [-0.4, -0.2) is 35.1 Å². The number of rotatable bonds is 8. The third-order valence-electron chi connectivity index (χ3n) is 3.85. The number of hydrogen-bond donors (Lipinski definition) is 1. The smallest absolute Gasteiger partial charge is 0.329 e. The van der Waals surface area contributed by atoms with Crippen LogP contribution in [0, 0.1) is 13.8 Å². The van der Waals surface area contributed by atoms with E-state index in [1.807, 2.05) is 6.26 Å². The lowest BCUT2D eigenvalue weighted by atomic mass is 10.1. The largest absolute Gasteiger partial charge is 0.459 e. The number of carbonyl (C=O) groups excluding carboxylic acids is 2. The lowest BCUT2D eigenvalue weighted by Gasteiger charge is -2.17. The fourth-order valence-corrected chi connectivity index (χ4v) is 2.88. The Morgan fingerprint density at radius 2 is 2.00 bits per heavy atom. The molecule has 8 heteroatoms. The number of aryl methyl sites for hydroxylation is 2. The summed E-state index contributed by atoms with van der Waals surface area (Å²) in [5.74, 6) is 0.496. The molecule has 1 heterocycles. The molecule has 0 aliphatic heterocycles. The van der Waals surface area contributed by atoms with E-state index in [9.17, 15) is 9.59 Å². The number of nitrogens with zero attached hydrogens (tertiary/aromatic N) is 1. The van der Waals surface area contributed by atoms with Crippen molar-refractivity contribution in [1.82, 2.24) is 10.5 Å². The predicted molar refractivity (Wildman–Crippen MR) is 101 cm³/mol. The normalized spacial score (nSPS) is 11.8. The lowest BCUT2D eigenvalue weighted by Crippen LogP contribution is -2.42. The minimum atomic E-state index is -0.730. The van der Waals surface area contributed by atoms with Crippen LogP contribution in [0.2, 0.25) is 5.02 Å². The second-order valence-corrected chi connectivity index (χ2v) is 7.15. The van der Waals surface area contributed by atoms with Gasteiger partial charge in [-0.3, -0.25) is 4.79 Å². The maximum atomic E-state index is 12.5. The van der Waals surface area contributed by atoms with E-state index in [1.165, 1.54) is 0 Å². The molecule has 0 unspecified atom stereocenters. The molecule has 1 amide bonds. The maximum Gasteiger partial charge on any atom is 0.329 e. The summed E-state index contributed by atoms with van der Waals surface area (Å²) in [5, 5.41) is 7.11. The zero-order valence-electron chi connectivity index (χ0n) is 14.9. The maximum absolute atomic E-state index is 12.5. The number of amides is 1. The SMILES string of the molecule is CSCC[C@@H](NC(=O)c1ccc(Cl)cc1)C(=O)OCc1c(C)noc1C. The van der Waals surface area contributed by atoms with Crippen molar-refractivity contribution in [2.75, 3.05) is 12.0 Å². The number of nitrogens with one attached hydrogen (secondary N) is 1. The van der Waals surface area contributed by atoms with Crippen LogP contribution in [0.5, 0.6) is 0 Å². The van der Waals surface area contributed by atoms with Gasteiger partial charge in [0.25, 0.3) is 5.91 Å². The fraction of sp³-hybridized carbons (Fsp3) is 0.389. The van der Waals surface area contributed by atoms with Crippen LogP contribution < -0.4 is 5.32 Å². The molecule has 1 aromatic heterocycles. The first kappa shape index (κ1) is 20.3. The highest BCUT2D eigenvalue weighted by Gasteiger charge is 2.23. The zero-order valence-corrected chi connectivity index (χ0v) is 16.4. The van der Waals surface area contributed by atoms with Gasteiger partial charge >= 0.3 is 5.97 Å². The molecule has 0 saturated carbocycles. The van der Waals surface area contributed by atoms with Crippen LogP contribution >= 0.6 is 23.4 Å². The lowest BCUT2D eigenvalue weighted by molar-refractivity contribution is -0.147. The first-order chi connectivity index (χ1) is 12.4. The van der Waals surface area contributed by atoms with Gasteiger partial charge in [0, 0.05) is 10.6 Å². The Kier molecular flexibility index (Phi) is 7.53. The molecule has 0 bridgehead atoms. The summed E-state index contributed by atoms with van der Waals surface area (Å²) >= 11 is 7.43. The topological polar surface area (TPSA) is 81.4 Å². The first-order valence-electron chi connectivity index (χ1n) is 8.06. The van der Waals surface area contributed by atoms with Crippen LogP contribution in [0.25, 0.3) is 0 Å². The molecule has 0 spiro atoms. The van der Waals surface area contributed by atoms with Crippen LogP contribution in [0.15, 0.2) is 28.8 Å². The second kappa shape index (κ2) is 9.64. The van der Waals surface area contributed by atoms with E-state index in [0.717, 1.165) is 5.56 Å². The molecule has 140 valence electrons. The molecule has 0 aliphatic rings. The van der Waals surface area contributed by atoms with E-state index in [4.69, 9.17) is 20.9 Å². The third kappa shape index (κ3) is 5.51. The molecule has 0 radical (unpaired) electrons. The molecule has 1 N–H and O–H groups in total. The number of ether oxygens (including phenoxy) is 1. The molecule has 2 aromatic rings. The minimum Gasteiger partial charge on any atom is -0.459 e. The van der Waals surface area contributed by atoms with Crippen LogP contribution in [0.3, 0.4) is 0 Å². The van der Waals surface area contributed by atoms with Crippen molar-refractivity contribution in [2.45, 2.75) is 32.9 Å². The number of benzene rings is 1. The molecule has 1 aromatic carbocycles. The Balaban J connectivity index is 2.01. The second-order valence-electron chi connectivity index (χ2n) is 5.72. The van der Waals surface area contributed by atoms with Crippen molar-refractivity contribution < 1.29 is 18.8 Å². The number of esters is 1. The van der Waals surface area contributed by atoms with Crippen molar-refractivity contribution in [3.05, 3.63) is 51.9 Å². The van der Waals surface area contributed by atoms with Gasteiger partial charge < -0.3 is 14.6 Å². The highest BCUT2D eigenvalue weighted by molar-refractivity contribution is 7.98. The van der Waals surface area contributed by atoms with E-state index >= 15 is 0 Å². The first-order valence-corrected chi connectivity index (χ1v) is 9.83. The average molecular weight is 397 g/mol. The molecule has 2 rings (SSSR count). The predicted octanol–water partition coefficient (Wildman–Crippen LogP) is 3.54. The summed E-state index contributed by atoms with van der Waals surface area (Å²) in [5.41, 5.74) is 1.86. The molecule has 0 fully saturated rings. The van der Waals surface area contributed by atoms with Crippen molar-refractivity contribution in [3.8, 4) is 0 Å². The fourth-order valence-electron chi connectivity index (χ4n) is 2.28. The Bertz CT molecular complexity index is 742. The van der Waals surface area contributed by atoms with Gasteiger partial charge in [0.15, 0.2) is 0 Å². The van der Waals surface area contributed by atoms with Crippen LogP contribution in [0.4, 0.5) is 0 Å². The number of halogens is 1. The van der Waals surface area contributed by atoms with Gasteiger partial charge in [-0.25, -0.2) is 4.79 Å².